The van der Waals surface area contributed by atoms with Gasteiger partial charge >= 0.3 is 0 Å². The van der Waals surface area contributed by atoms with Crippen molar-refractivity contribution in [2.24, 2.45) is 4.99 Å². The van der Waals surface area contributed by atoms with Crippen molar-refractivity contribution in [3.05, 3.63) is 65.7 Å². The Morgan fingerprint density at radius 2 is 1.63 bits per heavy atom. The second-order valence-electron chi connectivity index (χ2n) is 6.59. The molecule has 1 aliphatic rings. The van der Waals surface area contributed by atoms with E-state index in [4.69, 9.17) is 0 Å². The lowest BCUT2D eigenvalue weighted by Crippen LogP contribution is -2.50. The summed E-state index contributed by atoms with van der Waals surface area (Å²) in [6, 6.07) is 18.1. The van der Waals surface area contributed by atoms with Gasteiger partial charge in [-0.25, -0.2) is 0 Å². The van der Waals surface area contributed by atoms with Gasteiger partial charge in [0, 0.05) is 44.5 Å². The molecule has 0 radical (unpaired) electrons. The van der Waals surface area contributed by atoms with E-state index in [2.05, 4.69) is 32.2 Å². The molecule has 1 amide bonds. The normalized spacial score (nSPS) is 15.2. The van der Waals surface area contributed by atoms with E-state index in [-0.39, 0.29) is 18.3 Å². The molecule has 0 saturated carbocycles. The van der Waals surface area contributed by atoms with Crippen LogP contribution in [0.3, 0.4) is 0 Å². The molecule has 3 rings (SSSR count). The average molecular weight is 387 g/mol. The number of benzene rings is 2. The number of hydrogen-bond acceptors (Lipinski definition) is 3. The zero-order valence-electron chi connectivity index (χ0n) is 15.9. The maximum absolute atomic E-state index is 12.3. The van der Waals surface area contributed by atoms with Gasteiger partial charge in [0.1, 0.15) is 5.84 Å². The molecule has 0 atom stereocenters. The third kappa shape index (κ3) is 5.81. The first-order chi connectivity index (χ1) is 12.7. The fourth-order valence-electron chi connectivity index (χ4n) is 3.20. The number of anilines is 1. The molecule has 0 bridgehead atoms. The van der Waals surface area contributed by atoms with Crippen LogP contribution in [0.1, 0.15) is 11.1 Å². The monoisotopic (exact) mass is 386 g/mol. The van der Waals surface area contributed by atoms with Gasteiger partial charge in [-0.1, -0.05) is 48.0 Å². The molecule has 1 saturated heterocycles. The number of amides is 1. The van der Waals surface area contributed by atoms with Crippen molar-refractivity contribution >= 4 is 29.8 Å². The molecule has 5 nitrogen and oxygen atoms in total. The molecule has 6 heteroatoms. The van der Waals surface area contributed by atoms with Gasteiger partial charge in [0.15, 0.2) is 0 Å². The smallest absolute Gasteiger partial charge is 0.238 e. The van der Waals surface area contributed by atoms with Crippen LogP contribution in [-0.4, -0.2) is 61.3 Å². The molecule has 27 heavy (non-hydrogen) atoms. The minimum Gasteiger partial charge on any atom is -0.354 e. The molecule has 0 spiro atoms. The Kier molecular flexibility index (Phi) is 7.82. The second kappa shape index (κ2) is 10.1. The Balaban J connectivity index is 0.00000261. The van der Waals surface area contributed by atoms with E-state index < -0.39 is 0 Å². The van der Waals surface area contributed by atoms with E-state index >= 15 is 0 Å². The summed E-state index contributed by atoms with van der Waals surface area (Å²) in [4.78, 5) is 21.2. The predicted octanol–water partition coefficient (Wildman–Crippen LogP) is 3.05. The lowest BCUT2D eigenvalue weighted by atomic mass is 10.1. The van der Waals surface area contributed by atoms with Crippen molar-refractivity contribution in [2.75, 3.05) is 45.1 Å². The van der Waals surface area contributed by atoms with Crippen LogP contribution in [0, 0.1) is 6.92 Å². The number of amidine groups is 1. The maximum atomic E-state index is 12.3. The number of nitrogens with one attached hydrogen (secondary N) is 1. The van der Waals surface area contributed by atoms with E-state index in [9.17, 15) is 4.79 Å². The van der Waals surface area contributed by atoms with Crippen LogP contribution in [0.25, 0.3) is 0 Å². The van der Waals surface area contributed by atoms with Crippen LogP contribution in [0.2, 0.25) is 0 Å². The summed E-state index contributed by atoms with van der Waals surface area (Å²) in [6.07, 6.45) is 0. The standard InChI is InChI=1S/C21H26N4O.ClH/c1-17-8-10-19(11-9-17)23-20(26)16-24-12-14-25(15-13-24)21(22-2)18-6-4-3-5-7-18;/h3-11H,12-16H2,1-2H3,(H,23,26);1H. The van der Waals surface area contributed by atoms with E-state index in [0.717, 1.165) is 43.3 Å². The van der Waals surface area contributed by atoms with Crippen molar-refractivity contribution in [1.29, 1.82) is 0 Å². The van der Waals surface area contributed by atoms with Gasteiger partial charge in [-0.15, -0.1) is 12.4 Å². The molecule has 1 aliphatic heterocycles. The maximum Gasteiger partial charge on any atom is 0.238 e. The van der Waals surface area contributed by atoms with Crippen LogP contribution in [0.4, 0.5) is 5.69 Å². The van der Waals surface area contributed by atoms with Gasteiger partial charge in [-0.05, 0) is 19.1 Å². The quantitative estimate of drug-likeness (QED) is 0.649. The fraction of sp³-hybridized carbons (Fsp3) is 0.333. The Morgan fingerprint density at radius 3 is 2.22 bits per heavy atom. The molecule has 0 aromatic heterocycles. The van der Waals surface area contributed by atoms with Gasteiger partial charge in [-0.3, -0.25) is 14.7 Å². The van der Waals surface area contributed by atoms with Gasteiger partial charge in [0.2, 0.25) is 5.91 Å². The Hall–Kier alpha value is -2.37. The first kappa shape index (κ1) is 20.9. The van der Waals surface area contributed by atoms with Crippen molar-refractivity contribution in [3.63, 3.8) is 0 Å². The van der Waals surface area contributed by atoms with Crippen LogP contribution in [-0.2, 0) is 4.79 Å². The summed E-state index contributed by atoms with van der Waals surface area (Å²) in [5.74, 6) is 1.06. The molecule has 1 heterocycles. The van der Waals surface area contributed by atoms with Crippen LogP contribution < -0.4 is 5.32 Å². The molecular formula is C21H27ClN4O. The molecular weight excluding hydrogens is 360 g/mol. The zero-order chi connectivity index (χ0) is 18.4. The molecule has 0 unspecified atom stereocenters. The predicted molar refractivity (Wildman–Crippen MR) is 114 cm³/mol. The van der Waals surface area contributed by atoms with Gasteiger partial charge in [0.05, 0.1) is 6.54 Å². The van der Waals surface area contributed by atoms with Crippen molar-refractivity contribution in [2.45, 2.75) is 6.92 Å². The second-order valence-corrected chi connectivity index (χ2v) is 6.59. The Bertz CT molecular complexity index is 754. The number of nitrogens with zero attached hydrogens (tertiary/aromatic N) is 3. The molecule has 2 aromatic carbocycles. The number of aryl methyl sites for hydroxylation is 1. The van der Waals surface area contributed by atoms with E-state index in [0.29, 0.717) is 6.54 Å². The molecule has 0 aliphatic carbocycles. The number of rotatable bonds is 4. The lowest BCUT2D eigenvalue weighted by Gasteiger charge is -2.36. The van der Waals surface area contributed by atoms with Crippen molar-refractivity contribution in [3.8, 4) is 0 Å². The molecule has 144 valence electrons. The van der Waals surface area contributed by atoms with Gasteiger partial charge in [-0.2, -0.15) is 0 Å². The lowest BCUT2D eigenvalue weighted by molar-refractivity contribution is -0.117. The third-order valence-electron chi connectivity index (χ3n) is 4.62. The fourth-order valence-corrected chi connectivity index (χ4v) is 3.20. The average Bonchev–Trinajstić information content (AvgIpc) is 2.66. The van der Waals surface area contributed by atoms with Crippen LogP contribution in [0.5, 0.6) is 0 Å². The number of hydrogen-bond donors (Lipinski definition) is 1. The highest BCUT2D eigenvalue weighted by Crippen LogP contribution is 2.11. The minimum absolute atomic E-state index is 0. The summed E-state index contributed by atoms with van der Waals surface area (Å²) in [5, 5.41) is 2.97. The number of piperazine rings is 1. The summed E-state index contributed by atoms with van der Waals surface area (Å²) in [5.41, 5.74) is 3.18. The Morgan fingerprint density at radius 1 is 1.00 bits per heavy atom. The first-order valence-corrected chi connectivity index (χ1v) is 9.02. The van der Waals surface area contributed by atoms with E-state index in [1.54, 1.807) is 0 Å². The van der Waals surface area contributed by atoms with Crippen molar-refractivity contribution < 1.29 is 4.79 Å². The van der Waals surface area contributed by atoms with Crippen molar-refractivity contribution in [1.82, 2.24) is 9.80 Å². The number of halogens is 1. The molecule has 1 N–H and O–H groups in total. The van der Waals surface area contributed by atoms with E-state index in [1.165, 1.54) is 5.56 Å². The largest absolute Gasteiger partial charge is 0.354 e. The Labute approximate surface area is 167 Å². The SMILES string of the molecule is CN=C(c1ccccc1)N1CCN(CC(=O)Nc2ccc(C)cc2)CC1.Cl. The highest BCUT2D eigenvalue weighted by Gasteiger charge is 2.21. The van der Waals surface area contributed by atoms with E-state index in [1.807, 2.05) is 56.4 Å². The van der Waals surface area contributed by atoms with Crippen LogP contribution in [0.15, 0.2) is 59.6 Å². The summed E-state index contributed by atoms with van der Waals surface area (Å²) in [7, 11) is 1.84. The summed E-state index contributed by atoms with van der Waals surface area (Å²) >= 11 is 0. The zero-order valence-corrected chi connectivity index (χ0v) is 16.7. The van der Waals surface area contributed by atoms with Gasteiger partial charge in [0.25, 0.3) is 0 Å². The minimum atomic E-state index is 0. The number of carbonyl (C=O) groups is 1. The first-order valence-electron chi connectivity index (χ1n) is 9.02. The highest BCUT2D eigenvalue weighted by molar-refractivity contribution is 5.98. The number of aliphatic imine (C=N–C) groups is 1. The molecule has 1 fully saturated rings. The number of carbonyl (C=O) groups excluding carboxylic acids is 1. The topological polar surface area (TPSA) is 47.9 Å². The summed E-state index contributed by atoms with van der Waals surface area (Å²) in [6.45, 7) is 5.92. The summed E-state index contributed by atoms with van der Waals surface area (Å²) < 4.78 is 0. The highest BCUT2D eigenvalue weighted by atomic mass is 35.5. The van der Waals surface area contributed by atoms with Crippen LogP contribution >= 0.6 is 12.4 Å². The molecule has 2 aromatic rings. The van der Waals surface area contributed by atoms with Gasteiger partial charge < -0.3 is 10.2 Å². The third-order valence-corrected chi connectivity index (χ3v) is 4.62.